The third-order valence-electron chi connectivity index (χ3n) is 4.25. The molecule has 2 rings (SSSR count). The van der Waals surface area contributed by atoms with Crippen molar-refractivity contribution in [3.63, 3.8) is 0 Å². The molecule has 1 atom stereocenters. The maximum atomic E-state index is 11.4. The molecule has 1 aromatic heterocycles. The largest absolute Gasteiger partial charge is 0.480 e. The summed E-state index contributed by atoms with van der Waals surface area (Å²) in [6.45, 7) is 8.43. The van der Waals surface area contributed by atoms with Crippen LogP contribution in [0.3, 0.4) is 0 Å². The Labute approximate surface area is 153 Å². The van der Waals surface area contributed by atoms with E-state index in [9.17, 15) is 14.7 Å². The summed E-state index contributed by atoms with van der Waals surface area (Å²) in [5, 5.41) is 16.5. The third kappa shape index (κ3) is 5.16. The Kier molecular flexibility index (Phi) is 6.52. The molecule has 0 aliphatic heterocycles. The van der Waals surface area contributed by atoms with Crippen molar-refractivity contribution in [1.82, 2.24) is 20.0 Å². The van der Waals surface area contributed by atoms with Crippen LogP contribution in [0.15, 0.2) is 30.3 Å². The molecule has 26 heavy (non-hydrogen) atoms. The number of carboxylic acid groups (broad SMARTS) is 1. The lowest BCUT2D eigenvalue weighted by Gasteiger charge is -2.26. The lowest BCUT2D eigenvalue weighted by Crippen LogP contribution is -2.42. The first-order chi connectivity index (χ1) is 12.3. The van der Waals surface area contributed by atoms with E-state index >= 15 is 0 Å². The number of hydrogen-bond acceptors (Lipinski definition) is 4. The fraction of sp³-hybridized carbons (Fsp3) is 0.421. The van der Waals surface area contributed by atoms with Crippen LogP contribution in [-0.2, 0) is 16.1 Å². The number of aromatic nitrogens is 2. The Morgan fingerprint density at radius 2 is 1.92 bits per heavy atom. The van der Waals surface area contributed by atoms with E-state index in [1.165, 1.54) is 6.92 Å². The predicted molar refractivity (Wildman–Crippen MR) is 99.2 cm³/mol. The minimum absolute atomic E-state index is 0.123. The third-order valence-corrected chi connectivity index (χ3v) is 4.25. The summed E-state index contributed by atoms with van der Waals surface area (Å²) in [4.78, 5) is 24.2. The summed E-state index contributed by atoms with van der Waals surface area (Å²) in [6.07, 6.45) is 0. The van der Waals surface area contributed by atoms with Gasteiger partial charge in [0.1, 0.15) is 6.04 Å². The van der Waals surface area contributed by atoms with Crippen molar-refractivity contribution in [1.29, 1.82) is 0 Å². The summed E-state index contributed by atoms with van der Waals surface area (Å²) in [5.74, 6) is -1.01. The standard InChI is InChI=1S/C19H26N4O3/c1-13-11-14(2)23(21-13)18-7-5-17(6-8-18)12-22(15(3)19(25)26)10-9-20-16(4)24/h5-8,11,15H,9-10,12H2,1-4H3,(H,20,24)(H,25,26). The zero-order valence-corrected chi connectivity index (χ0v) is 15.7. The second-order valence-corrected chi connectivity index (χ2v) is 6.47. The Hall–Kier alpha value is -2.67. The maximum absolute atomic E-state index is 11.4. The van der Waals surface area contributed by atoms with Gasteiger partial charge >= 0.3 is 5.97 Å². The highest BCUT2D eigenvalue weighted by Crippen LogP contribution is 2.15. The van der Waals surface area contributed by atoms with Crippen molar-refractivity contribution in [3.8, 4) is 5.69 Å². The lowest BCUT2D eigenvalue weighted by molar-refractivity contribution is -0.142. The van der Waals surface area contributed by atoms with Crippen molar-refractivity contribution >= 4 is 11.9 Å². The molecule has 0 radical (unpaired) electrons. The second-order valence-electron chi connectivity index (χ2n) is 6.47. The fourth-order valence-electron chi connectivity index (χ4n) is 2.81. The maximum Gasteiger partial charge on any atom is 0.320 e. The number of nitrogens with zero attached hydrogens (tertiary/aromatic N) is 3. The molecule has 2 N–H and O–H groups in total. The molecule has 0 fully saturated rings. The summed E-state index contributed by atoms with van der Waals surface area (Å²) in [5.41, 5.74) is 4.00. The van der Waals surface area contributed by atoms with Crippen molar-refractivity contribution in [2.45, 2.75) is 40.3 Å². The van der Waals surface area contributed by atoms with E-state index in [0.717, 1.165) is 22.6 Å². The molecule has 140 valence electrons. The smallest absolute Gasteiger partial charge is 0.320 e. The van der Waals surface area contributed by atoms with Crippen LogP contribution in [-0.4, -0.2) is 50.8 Å². The average Bonchev–Trinajstić information content (AvgIpc) is 2.92. The van der Waals surface area contributed by atoms with Crippen LogP contribution in [0.2, 0.25) is 0 Å². The normalized spacial score (nSPS) is 12.2. The van der Waals surface area contributed by atoms with E-state index in [2.05, 4.69) is 10.4 Å². The van der Waals surface area contributed by atoms with Crippen LogP contribution in [0.5, 0.6) is 0 Å². The molecule has 1 heterocycles. The van der Waals surface area contributed by atoms with Gasteiger partial charge in [-0.05, 0) is 44.5 Å². The molecular weight excluding hydrogens is 332 g/mol. The first-order valence-corrected chi connectivity index (χ1v) is 8.62. The van der Waals surface area contributed by atoms with Gasteiger partial charge in [0, 0.05) is 32.3 Å². The van der Waals surface area contributed by atoms with Crippen molar-refractivity contribution < 1.29 is 14.7 Å². The van der Waals surface area contributed by atoms with Gasteiger partial charge in [0.15, 0.2) is 0 Å². The van der Waals surface area contributed by atoms with Gasteiger partial charge < -0.3 is 10.4 Å². The van der Waals surface area contributed by atoms with Gasteiger partial charge in [-0.25, -0.2) is 4.68 Å². The summed E-state index contributed by atoms with van der Waals surface area (Å²) in [6, 6.07) is 9.29. The van der Waals surface area contributed by atoms with Gasteiger partial charge in [-0.2, -0.15) is 5.10 Å². The molecule has 1 unspecified atom stereocenters. The molecule has 0 bridgehead atoms. The number of carboxylic acids is 1. The van der Waals surface area contributed by atoms with Crippen LogP contribution >= 0.6 is 0 Å². The van der Waals surface area contributed by atoms with Crippen LogP contribution in [0.4, 0.5) is 0 Å². The molecule has 0 spiro atoms. The predicted octanol–water partition coefficient (Wildman–Crippen LogP) is 1.90. The minimum atomic E-state index is -0.882. The van der Waals surface area contributed by atoms with Crippen LogP contribution in [0.1, 0.15) is 30.8 Å². The number of aryl methyl sites for hydroxylation is 2. The molecule has 0 saturated heterocycles. The molecule has 0 aliphatic carbocycles. The Morgan fingerprint density at radius 3 is 2.42 bits per heavy atom. The molecule has 0 aliphatic rings. The number of rotatable bonds is 8. The molecule has 1 aromatic carbocycles. The average molecular weight is 358 g/mol. The first kappa shape index (κ1) is 19.7. The molecule has 2 aromatic rings. The number of carbonyl (C=O) groups excluding carboxylic acids is 1. The van der Waals surface area contributed by atoms with Crippen molar-refractivity contribution in [2.24, 2.45) is 0 Å². The number of carbonyl (C=O) groups is 2. The van der Waals surface area contributed by atoms with E-state index in [4.69, 9.17) is 0 Å². The zero-order valence-electron chi connectivity index (χ0n) is 15.7. The highest BCUT2D eigenvalue weighted by atomic mass is 16.4. The second kappa shape index (κ2) is 8.62. The number of aliphatic carboxylic acids is 1. The summed E-state index contributed by atoms with van der Waals surface area (Å²) < 4.78 is 1.88. The Morgan fingerprint density at radius 1 is 1.27 bits per heavy atom. The van der Waals surface area contributed by atoms with E-state index < -0.39 is 12.0 Å². The number of hydrogen-bond donors (Lipinski definition) is 2. The topological polar surface area (TPSA) is 87.5 Å². The zero-order chi connectivity index (χ0) is 19.3. The van der Waals surface area contributed by atoms with Crippen LogP contribution in [0, 0.1) is 13.8 Å². The SMILES string of the molecule is CC(=O)NCCN(Cc1ccc(-n2nc(C)cc2C)cc1)C(C)C(=O)O. The number of benzene rings is 1. The summed E-state index contributed by atoms with van der Waals surface area (Å²) in [7, 11) is 0. The van der Waals surface area contributed by atoms with Gasteiger partial charge in [0.2, 0.25) is 5.91 Å². The Bertz CT molecular complexity index is 768. The van der Waals surface area contributed by atoms with Crippen LogP contribution in [0.25, 0.3) is 5.69 Å². The molecule has 7 nitrogen and oxygen atoms in total. The number of amides is 1. The molecule has 0 saturated carbocycles. The molecular formula is C19H26N4O3. The molecule has 1 amide bonds. The quantitative estimate of drug-likeness (QED) is 0.753. The van der Waals surface area contributed by atoms with E-state index in [-0.39, 0.29) is 5.91 Å². The summed E-state index contributed by atoms with van der Waals surface area (Å²) >= 11 is 0. The highest BCUT2D eigenvalue weighted by Gasteiger charge is 2.20. The van der Waals surface area contributed by atoms with Gasteiger partial charge in [-0.3, -0.25) is 14.5 Å². The fourth-order valence-corrected chi connectivity index (χ4v) is 2.81. The van der Waals surface area contributed by atoms with Crippen LogP contribution < -0.4 is 5.32 Å². The van der Waals surface area contributed by atoms with Crippen molar-refractivity contribution in [3.05, 3.63) is 47.3 Å². The lowest BCUT2D eigenvalue weighted by atomic mass is 10.1. The molecule has 7 heteroatoms. The van der Waals surface area contributed by atoms with Crippen molar-refractivity contribution in [2.75, 3.05) is 13.1 Å². The van der Waals surface area contributed by atoms with E-state index in [0.29, 0.717) is 19.6 Å². The van der Waals surface area contributed by atoms with E-state index in [1.54, 1.807) is 6.92 Å². The van der Waals surface area contributed by atoms with Gasteiger partial charge in [0.25, 0.3) is 0 Å². The van der Waals surface area contributed by atoms with Gasteiger partial charge in [-0.15, -0.1) is 0 Å². The monoisotopic (exact) mass is 358 g/mol. The first-order valence-electron chi connectivity index (χ1n) is 8.62. The highest BCUT2D eigenvalue weighted by molar-refractivity contribution is 5.73. The minimum Gasteiger partial charge on any atom is -0.480 e. The number of nitrogens with one attached hydrogen (secondary N) is 1. The van der Waals surface area contributed by atoms with E-state index in [1.807, 2.05) is 53.8 Å². The van der Waals surface area contributed by atoms with Gasteiger partial charge in [0.05, 0.1) is 11.4 Å². The van der Waals surface area contributed by atoms with Gasteiger partial charge in [-0.1, -0.05) is 12.1 Å². The Balaban J connectivity index is 2.10.